The summed E-state index contributed by atoms with van der Waals surface area (Å²) in [7, 11) is -3.77. The van der Waals surface area contributed by atoms with Crippen molar-refractivity contribution in [1.29, 1.82) is 0 Å². The van der Waals surface area contributed by atoms with Crippen LogP contribution in [0.4, 0.5) is 0 Å². The van der Waals surface area contributed by atoms with E-state index in [0.717, 1.165) is 11.1 Å². The minimum atomic E-state index is -3.77. The number of likely N-dealkylation sites (tertiary alicyclic amines) is 1. The highest BCUT2D eigenvalue weighted by Crippen LogP contribution is 2.37. The molecule has 0 spiro atoms. The predicted octanol–water partition coefficient (Wildman–Crippen LogP) is 6.44. The molecule has 168 valence electrons. The van der Waals surface area contributed by atoms with Gasteiger partial charge in [0.25, 0.3) is 0 Å². The molecule has 4 rings (SSSR count). The van der Waals surface area contributed by atoms with Crippen molar-refractivity contribution < 1.29 is 8.42 Å². The lowest BCUT2D eigenvalue weighted by Gasteiger charge is -2.50. The molecule has 0 amide bonds. The van der Waals surface area contributed by atoms with E-state index < -0.39 is 10.0 Å². The Morgan fingerprint density at radius 2 is 1.28 bits per heavy atom. The van der Waals surface area contributed by atoms with Gasteiger partial charge >= 0.3 is 0 Å². The van der Waals surface area contributed by atoms with Gasteiger partial charge in [-0.15, -0.1) is 0 Å². The topological polar surface area (TPSA) is 49.4 Å². The van der Waals surface area contributed by atoms with Crippen LogP contribution >= 0.6 is 46.4 Å². The number of benzene rings is 3. The number of sulfonamides is 1. The Kier molecular flexibility index (Phi) is 7.08. The van der Waals surface area contributed by atoms with Crippen LogP contribution in [0.5, 0.6) is 0 Å². The molecule has 0 saturated carbocycles. The van der Waals surface area contributed by atoms with E-state index in [-0.39, 0.29) is 33.1 Å². The third-order valence-electron chi connectivity index (χ3n) is 5.67. The lowest BCUT2D eigenvalue weighted by atomic mass is 9.89. The van der Waals surface area contributed by atoms with Crippen LogP contribution in [0.2, 0.25) is 20.1 Å². The molecule has 0 bridgehead atoms. The molecule has 3 aromatic carbocycles. The van der Waals surface area contributed by atoms with Gasteiger partial charge in [-0.3, -0.25) is 4.90 Å². The van der Waals surface area contributed by atoms with Crippen LogP contribution in [0.1, 0.15) is 24.1 Å². The average molecular weight is 530 g/mol. The molecule has 9 heteroatoms. The molecule has 1 aliphatic rings. The normalized spacial score (nSPS) is 19.2. The minimum Gasteiger partial charge on any atom is -0.286 e. The van der Waals surface area contributed by atoms with E-state index >= 15 is 0 Å². The maximum atomic E-state index is 12.9. The zero-order chi connectivity index (χ0) is 23.0. The molecule has 32 heavy (non-hydrogen) atoms. The first kappa shape index (κ1) is 23.8. The fraction of sp³-hybridized carbons (Fsp3) is 0.217. The maximum absolute atomic E-state index is 12.9. The van der Waals surface area contributed by atoms with Gasteiger partial charge in [-0.25, -0.2) is 13.1 Å². The van der Waals surface area contributed by atoms with Crippen LogP contribution in [-0.4, -0.2) is 31.9 Å². The van der Waals surface area contributed by atoms with E-state index in [9.17, 15) is 8.42 Å². The second kappa shape index (κ2) is 9.51. The van der Waals surface area contributed by atoms with Crippen molar-refractivity contribution in [1.82, 2.24) is 9.62 Å². The van der Waals surface area contributed by atoms with Gasteiger partial charge in [-0.1, -0.05) is 70.7 Å². The van der Waals surface area contributed by atoms with E-state index in [0.29, 0.717) is 16.6 Å². The fourth-order valence-corrected chi connectivity index (χ4v) is 6.21. The van der Waals surface area contributed by atoms with E-state index in [1.54, 1.807) is 0 Å². The van der Waals surface area contributed by atoms with E-state index in [1.165, 1.54) is 18.2 Å². The van der Waals surface area contributed by atoms with Crippen LogP contribution < -0.4 is 4.72 Å². The van der Waals surface area contributed by atoms with Crippen LogP contribution in [0, 0.1) is 0 Å². The van der Waals surface area contributed by atoms with Crippen molar-refractivity contribution >= 4 is 56.4 Å². The van der Waals surface area contributed by atoms with Crippen LogP contribution in [-0.2, 0) is 10.0 Å². The fourth-order valence-electron chi connectivity index (χ4n) is 3.93. The summed E-state index contributed by atoms with van der Waals surface area (Å²) in [6.45, 7) is 2.53. The van der Waals surface area contributed by atoms with Crippen molar-refractivity contribution in [2.24, 2.45) is 0 Å². The molecule has 3 aromatic rings. The summed E-state index contributed by atoms with van der Waals surface area (Å²) in [4.78, 5) is 2.29. The summed E-state index contributed by atoms with van der Waals surface area (Å²) in [5.41, 5.74) is 2.12. The van der Waals surface area contributed by atoms with Crippen molar-refractivity contribution in [2.45, 2.75) is 29.9 Å². The summed E-state index contributed by atoms with van der Waals surface area (Å²) >= 11 is 24.2. The second-order valence-electron chi connectivity index (χ2n) is 7.78. The number of nitrogens with one attached hydrogen (secondary N) is 1. The van der Waals surface area contributed by atoms with Gasteiger partial charge < -0.3 is 0 Å². The summed E-state index contributed by atoms with van der Waals surface area (Å²) in [6, 6.07) is 19.2. The van der Waals surface area contributed by atoms with Gasteiger partial charge in [0.15, 0.2) is 0 Å². The lowest BCUT2D eigenvalue weighted by Crippen LogP contribution is -2.66. The number of nitrogens with zero attached hydrogens (tertiary/aromatic N) is 1. The standard InChI is InChI=1S/C23H20Cl4N2O2S/c1-14-22(28-32(30,31)21-11-19(26)10-20(27)12-21)13-29(14)23(15-2-6-17(24)7-3-15)16-4-8-18(25)9-5-16/h2-12,14,22-23,28H,13H2,1H3. The second-order valence-corrected chi connectivity index (χ2v) is 11.2. The summed E-state index contributed by atoms with van der Waals surface area (Å²) in [6.07, 6.45) is 0. The third kappa shape index (κ3) is 5.10. The van der Waals surface area contributed by atoms with E-state index in [4.69, 9.17) is 46.4 Å². The van der Waals surface area contributed by atoms with Gasteiger partial charge in [0, 0.05) is 32.7 Å². The summed E-state index contributed by atoms with van der Waals surface area (Å²) in [5, 5.41) is 1.86. The SMILES string of the molecule is CC1C(NS(=O)(=O)c2cc(Cl)cc(Cl)c2)CN1C(c1ccc(Cl)cc1)c1ccc(Cl)cc1. The van der Waals surface area contributed by atoms with Crippen LogP contribution in [0.15, 0.2) is 71.6 Å². The average Bonchev–Trinajstić information content (AvgIpc) is 2.74. The van der Waals surface area contributed by atoms with Gasteiger partial charge in [0.2, 0.25) is 10.0 Å². The Hall–Kier alpha value is -1.31. The minimum absolute atomic E-state index is 0.0487. The van der Waals surface area contributed by atoms with Crippen molar-refractivity contribution in [3.63, 3.8) is 0 Å². The van der Waals surface area contributed by atoms with Gasteiger partial charge in [-0.05, 0) is 60.5 Å². The zero-order valence-electron chi connectivity index (χ0n) is 17.0. The molecular formula is C23H20Cl4N2O2S. The molecule has 2 atom stereocenters. The maximum Gasteiger partial charge on any atom is 0.241 e. The van der Waals surface area contributed by atoms with Gasteiger partial charge in [-0.2, -0.15) is 0 Å². The zero-order valence-corrected chi connectivity index (χ0v) is 20.8. The lowest BCUT2D eigenvalue weighted by molar-refractivity contribution is 0.0370. The van der Waals surface area contributed by atoms with Gasteiger partial charge in [0.1, 0.15) is 0 Å². The number of halogens is 4. The molecular weight excluding hydrogens is 510 g/mol. The number of hydrogen-bond donors (Lipinski definition) is 1. The quantitative estimate of drug-likeness (QED) is 0.399. The Labute approximate surface area is 208 Å². The van der Waals surface area contributed by atoms with Crippen molar-refractivity contribution in [2.75, 3.05) is 6.54 Å². The predicted molar refractivity (Wildman–Crippen MR) is 131 cm³/mol. The Morgan fingerprint density at radius 3 is 1.72 bits per heavy atom. The Balaban J connectivity index is 1.57. The largest absolute Gasteiger partial charge is 0.286 e. The molecule has 1 aliphatic heterocycles. The molecule has 0 radical (unpaired) electrons. The molecule has 4 nitrogen and oxygen atoms in total. The summed E-state index contributed by atoms with van der Waals surface area (Å²) in [5.74, 6) is 0. The summed E-state index contributed by atoms with van der Waals surface area (Å²) < 4.78 is 28.6. The van der Waals surface area contributed by atoms with E-state index in [2.05, 4.69) is 9.62 Å². The number of hydrogen-bond acceptors (Lipinski definition) is 3. The van der Waals surface area contributed by atoms with E-state index in [1.807, 2.05) is 55.5 Å². The smallest absolute Gasteiger partial charge is 0.241 e. The molecule has 1 fully saturated rings. The molecule has 1 heterocycles. The molecule has 1 saturated heterocycles. The highest BCUT2D eigenvalue weighted by atomic mass is 35.5. The Morgan fingerprint density at radius 1 is 0.812 bits per heavy atom. The van der Waals surface area contributed by atoms with Gasteiger partial charge in [0.05, 0.1) is 17.0 Å². The first-order valence-corrected chi connectivity index (χ1v) is 12.9. The Bertz CT molecular complexity index is 1150. The molecule has 2 unspecified atom stereocenters. The highest BCUT2D eigenvalue weighted by molar-refractivity contribution is 7.89. The first-order valence-electron chi connectivity index (χ1n) is 9.89. The third-order valence-corrected chi connectivity index (χ3v) is 8.08. The first-order chi connectivity index (χ1) is 15.1. The molecule has 0 aromatic heterocycles. The van der Waals surface area contributed by atoms with Crippen molar-refractivity contribution in [3.8, 4) is 0 Å². The van der Waals surface area contributed by atoms with Crippen LogP contribution in [0.3, 0.4) is 0 Å². The van der Waals surface area contributed by atoms with Crippen LogP contribution in [0.25, 0.3) is 0 Å². The highest BCUT2D eigenvalue weighted by Gasteiger charge is 2.42. The monoisotopic (exact) mass is 528 g/mol. The molecule has 0 aliphatic carbocycles. The van der Waals surface area contributed by atoms with Crippen molar-refractivity contribution in [3.05, 3.63) is 97.9 Å². The molecule has 1 N–H and O–H groups in total. The number of rotatable bonds is 6.